The highest BCUT2D eigenvalue weighted by Gasteiger charge is 2.33. The number of aryl methyl sites for hydroxylation is 1. The van der Waals surface area contributed by atoms with Gasteiger partial charge in [0.25, 0.3) is 5.91 Å². The van der Waals surface area contributed by atoms with E-state index >= 15 is 0 Å². The van der Waals surface area contributed by atoms with Crippen molar-refractivity contribution in [2.45, 2.75) is 25.8 Å². The third-order valence-corrected chi connectivity index (χ3v) is 8.65. The molecule has 0 aliphatic carbocycles. The molecule has 1 aromatic heterocycles. The summed E-state index contributed by atoms with van der Waals surface area (Å²) in [5.41, 5.74) is 1.87. The molecule has 4 heterocycles. The molecule has 3 aromatic rings. The third kappa shape index (κ3) is 10.2. The summed E-state index contributed by atoms with van der Waals surface area (Å²) in [6.07, 6.45) is 3.38. The Morgan fingerprint density at radius 1 is 0.979 bits per heavy atom. The zero-order chi connectivity index (χ0) is 33.7. The van der Waals surface area contributed by atoms with Crippen molar-refractivity contribution in [3.63, 3.8) is 0 Å². The van der Waals surface area contributed by atoms with Gasteiger partial charge in [-0.2, -0.15) is 0 Å². The summed E-state index contributed by atoms with van der Waals surface area (Å²) in [5, 5.41) is 14.2. The van der Waals surface area contributed by atoms with Crippen molar-refractivity contribution < 1.29 is 33.0 Å². The van der Waals surface area contributed by atoms with Gasteiger partial charge >= 0.3 is 0 Å². The molecule has 0 radical (unpaired) electrons. The lowest BCUT2D eigenvalue weighted by molar-refractivity contribution is -0.145. The number of rotatable bonds is 8. The zero-order valence-corrected chi connectivity index (χ0v) is 26.9. The lowest BCUT2D eigenvalue weighted by Gasteiger charge is -2.39. The van der Waals surface area contributed by atoms with Gasteiger partial charge in [0.1, 0.15) is 18.1 Å². The number of benzene rings is 2. The van der Waals surface area contributed by atoms with E-state index in [1.165, 1.54) is 17.0 Å². The Morgan fingerprint density at radius 3 is 2.58 bits per heavy atom. The summed E-state index contributed by atoms with van der Waals surface area (Å²) in [6.45, 7) is 2.38. The predicted octanol–water partition coefficient (Wildman–Crippen LogP) is 1.75. The van der Waals surface area contributed by atoms with Crippen LogP contribution in [0, 0.1) is 17.7 Å². The number of hydrogen-bond donors (Lipinski definition) is 2. The number of halogens is 1. The number of fused-ring (bicyclic) bond motifs is 15. The average molecular weight is 664 g/mol. The summed E-state index contributed by atoms with van der Waals surface area (Å²) < 4.78 is 26.2. The number of hydrogen-bond acceptors (Lipinski definition) is 8. The fourth-order valence-electron chi connectivity index (χ4n) is 5.96. The van der Waals surface area contributed by atoms with E-state index in [2.05, 4.69) is 20.9 Å². The maximum absolute atomic E-state index is 13.7. The highest BCUT2D eigenvalue weighted by atomic mass is 19.1. The fraction of sp³-hybridized carbons (Fsp3) is 0.471. The number of nitrogens with one attached hydrogen (secondary N) is 2. The lowest BCUT2D eigenvalue weighted by Crippen LogP contribution is -2.51. The average Bonchev–Trinajstić information content (AvgIpc) is 3.57. The van der Waals surface area contributed by atoms with Crippen molar-refractivity contribution in [2.75, 3.05) is 65.7 Å². The van der Waals surface area contributed by atoms with E-state index in [0.29, 0.717) is 63.3 Å². The van der Waals surface area contributed by atoms with Crippen LogP contribution < -0.4 is 10.6 Å². The molecule has 0 saturated carbocycles. The number of nitrogens with zero attached hydrogens (tertiary/aromatic N) is 5. The minimum atomic E-state index is -0.361. The molecule has 0 spiro atoms. The van der Waals surface area contributed by atoms with E-state index in [-0.39, 0.29) is 80.7 Å². The van der Waals surface area contributed by atoms with Crippen LogP contribution >= 0.6 is 0 Å². The van der Waals surface area contributed by atoms with Crippen molar-refractivity contribution in [3.05, 3.63) is 72.2 Å². The second-order valence-corrected chi connectivity index (χ2v) is 12.0. The number of carbonyl (C=O) groups excluding carboxylic acids is 4. The van der Waals surface area contributed by atoms with Gasteiger partial charge in [0.05, 0.1) is 32.6 Å². The SMILES string of the molecule is O=C1C[C@H]2CCN(C[C@@H]2CCn2cc(-c3ccc(F)cc3)nn2)C(=O)CN(CCNC(=O)c2ccccc2)C(=O)COCCOCCN1. The van der Waals surface area contributed by atoms with Gasteiger partial charge in [0.2, 0.25) is 17.7 Å². The molecule has 48 heavy (non-hydrogen) atoms. The molecule has 4 amide bonds. The Hall–Kier alpha value is -4.69. The molecule has 256 valence electrons. The highest BCUT2D eigenvalue weighted by Crippen LogP contribution is 2.30. The van der Waals surface area contributed by atoms with Crippen LogP contribution in [-0.2, 0) is 30.4 Å². The summed E-state index contributed by atoms with van der Waals surface area (Å²) >= 11 is 0. The van der Waals surface area contributed by atoms with Crippen LogP contribution in [0.25, 0.3) is 11.3 Å². The van der Waals surface area contributed by atoms with Gasteiger partial charge in [-0.1, -0.05) is 23.4 Å². The molecule has 2 bridgehead atoms. The topological polar surface area (TPSA) is 148 Å². The van der Waals surface area contributed by atoms with E-state index in [1.807, 2.05) is 6.07 Å². The Labute approximate surface area is 278 Å². The minimum absolute atomic E-state index is 0.0142. The quantitative estimate of drug-likeness (QED) is 0.347. The number of ether oxygens (including phenoxy) is 2. The monoisotopic (exact) mass is 663 g/mol. The standard InChI is InChI=1S/C34H42FN7O6/c35-29-8-6-25(7-9-29)30-22-42(39-38-30)15-11-28-21-40-14-10-27(28)20-31(43)36-13-17-47-18-19-48-24-33(45)41(23-32(40)44)16-12-37-34(46)26-4-2-1-3-5-26/h1-9,22,27-28H,10-21,23-24H2,(H,36,43)(H,37,46)/t27-,28+/m1/s1. The number of piperidine rings is 1. The van der Waals surface area contributed by atoms with Crippen molar-refractivity contribution >= 4 is 23.6 Å². The first kappa shape index (κ1) is 34.6. The van der Waals surface area contributed by atoms with Crippen LogP contribution in [0.1, 0.15) is 29.6 Å². The van der Waals surface area contributed by atoms with Crippen LogP contribution in [0.3, 0.4) is 0 Å². The molecular formula is C34H42FN7O6. The summed E-state index contributed by atoms with van der Waals surface area (Å²) in [5.74, 6) is -1.22. The maximum atomic E-state index is 13.7. The van der Waals surface area contributed by atoms with E-state index in [0.717, 1.165) is 5.56 Å². The smallest absolute Gasteiger partial charge is 0.251 e. The summed E-state index contributed by atoms with van der Waals surface area (Å²) in [4.78, 5) is 55.4. The molecular weight excluding hydrogens is 621 g/mol. The maximum Gasteiger partial charge on any atom is 0.251 e. The van der Waals surface area contributed by atoms with Gasteiger partial charge in [-0.15, -0.1) is 5.10 Å². The van der Waals surface area contributed by atoms with Crippen molar-refractivity contribution in [1.29, 1.82) is 0 Å². The first-order valence-corrected chi connectivity index (χ1v) is 16.3. The summed E-state index contributed by atoms with van der Waals surface area (Å²) in [6, 6.07) is 14.8. The van der Waals surface area contributed by atoms with Crippen LogP contribution in [0.5, 0.6) is 0 Å². The van der Waals surface area contributed by atoms with Gasteiger partial charge < -0.3 is 29.9 Å². The Kier molecular flexibility index (Phi) is 12.6. The Balaban J connectivity index is 1.25. The predicted molar refractivity (Wildman–Crippen MR) is 173 cm³/mol. The molecule has 2 atom stereocenters. The second kappa shape index (κ2) is 17.5. The zero-order valence-electron chi connectivity index (χ0n) is 26.9. The molecule has 14 heteroatoms. The molecule has 2 aromatic carbocycles. The van der Waals surface area contributed by atoms with E-state index in [9.17, 15) is 23.6 Å². The van der Waals surface area contributed by atoms with Gasteiger partial charge in [0.15, 0.2) is 0 Å². The van der Waals surface area contributed by atoms with E-state index in [4.69, 9.17) is 9.47 Å². The second-order valence-electron chi connectivity index (χ2n) is 12.0. The van der Waals surface area contributed by atoms with Crippen molar-refractivity contribution in [1.82, 2.24) is 35.4 Å². The van der Waals surface area contributed by atoms with Crippen LogP contribution in [0.2, 0.25) is 0 Å². The first-order chi connectivity index (χ1) is 23.4. The van der Waals surface area contributed by atoms with Gasteiger partial charge in [0, 0.05) is 56.8 Å². The summed E-state index contributed by atoms with van der Waals surface area (Å²) in [7, 11) is 0. The fourth-order valence-corrected chi connectivity index (χ4v) is 5.96. The Morgan fingerprint density at radius 2 is 1.77 bits per heavy atom. The number of carbonyl (C=O) groups is 4. The molecule has 3 aliphatic heterocycles. The lowest BCUT2D eigenvalue weighted by atomic mass is 9.81. The van der Waals surface area contributed by atoms with Crippen molar-refractivity contribution in [3.8, 4) is 11.3 Å². The largest absolute Gasteiger partial charge is 0.377 e. The van der Waals surface area contributed by atoms with E-state index < -0.39 is 0 Å². The Bertz CT molecular complexity index is 1520. The molecule has 3 aliphatic rings. The van der Waals surface area contributed by atoms with Gasteiger partial charge in [-0.3, -0.25) is 23.9 Å². The number of amides is 4. The van der Waals surface area contributed by atoms with Crippen LogP contribution in [0.15, 0.2) is 60.8 Å². The molecule has 6 rings (SSSR count). The highest BCUT2D eigenvalue weighted by molar-refractivity contribution is 5.94. The molecule has 13 nitrogen and oxygen atoms in total. The van der Waals surface area contributed by atoms with Gasteiger partial charge in [-0.25, -0.2) is 4.39 Å². The van der Waals surface area contributed by atoms with Crippen LogP contribution in [0.4, 0.5) is 4.39 Å². The first-order valence-electron chi connectivity index (χ1n) is 16.3. The minimum Gasteiger partial charge on any atom is -0.377 e. The molecule has 3 fully saturated rings. The number of aromatic nitrogens is 3. The van der Waals surface area contributed by atoms with E-state index in [1.54, 1.807) is 52.2 Å². The van der Waals surface area contributed by atoms with Gasteiger partial charge in [-0.05, 0) is 61.1 Å². The molecule has 0 unspecified atom stereocenters. The normalized spacial score (nSPS) is 20.2. The third-order valence-electron chi connectivity index (χ3n) is 8.65. The van der Waals surface area contributed by atoms with Crippen LogP contribution in [-0.4, -0.2) is 114 Å². The molecule has 3 saturated heterocycles. The van der Waals surface area contributed by atoms with Crippen molar-refractivity contribution in [2.24, 2.45) is 11.8 Å². The molecule has 2 N–H and O–H groups in total.